The van der Waals surface area contributed by atoms with Gasteiger partial charge in [0.1, 0.15) is 12.3 Å². The number of ether oxygens (including phenoxy) is 1. The van der Waals surface area contributed by atoms with Gasteiger partial charge < -0.3 is 4.74 Å². The standard InChI is InChI=1S/C19H20N6O2/c1-13-9-10-17(27-3)16(11-13)14(2)20-21-18(26)12-25-23-19(22-24-25)15-7-5-4-6-8-15/h4-11H,12H2,1-3H3,(H,21,26)/b20-14-. The van der Waals surface area contributed by atoms with Crippen molar-refractivity contribution in [3.63, 3.8) is 0 Å². The van der Waals surface area contributed by atoms with E-state index in [0.29, 0.717) is 17.3 Å². The maximum Gasteiger partial charge on any atom is 0.263 e. The molecule has 8 nitrogen and oxygen atoms in total. The van der Waals surface area contributed by atoms with Gasteiger partial charge in [-0.3, -0.25) is 4.79 Å². The first-order valence-corrected chi connectivity index (χ1v) is 8.38. The molecule has 1 heterocycles. The van der Waals surface area contributed by atoms with Gasteiger partial charge in [-0.1, -0.05) is 42.0 Å². The molecule has 0 saturated heterocycles. The Morgan fingerprint density at radius 3 is 2.74 bits per heavy atom. The average molecular weight is 364 g/mol. The van der Waals surface area contributed by atoms with Gasteiger partial charge in [-0.25, -0.2) is 5.43 Å². The van der Waals surface area contributed by atoms with E-state index < -0.39 is 0 Å². The number of methoxy groups -OCH3 is 1. The van der Waals surface area contributed by atoms with Gasteiger partial charge in [0.2, 0.25) is 5.82 Å². The van der Waals surface area contributed by atoms with Crippen molar-refractivity contribution in [1.29, 1.82) is 0 Å². The van der Waals surface area contributed by atoms with Crippen molar-refractivity contribution < 1.29 is 9.53 Å². The van der Waals surface area contributed by atoms with E-state index in [2.05, 4.69) is 25.9 Å². The lowest BCUT2D eigenvalue weighted by Gasteiger charge is -2.09. The Hall–Kier alpha value is -3.55. The summed E-state index contributed by atoms with van der Waals surface area (Å²) in [5.74, 6) is 0.812. The van der Waals surface area contributed by atoms with E-state index in [9.17, 15) is 4.79 Å². The van der Waals surface area contributed by atoms with Gasteiger partial charge in [0.05, 0.1) is 12.8 Å². The minimum absolute atomic E-state index is 0.0818. The highest BCUT2D eigenvalue weighted by Crippen LogP contribution is 2.20. The molecule has 8 heteroatoms. The van der Waals surface area contributed by atoms with Crippen LogP contribution in [-0.2, 0) is 11.3 Å². The van der Waals surface area contributed by atoms with Gasteiger partial charge >= 0.3 is 0 Å². The van der Waals surface area contributed by atoms with E-state index in [4.69, 9.17) is 4.74 Å². The van der Waals surface area contributed by atoms with Crippen LogP contribution in [0.3, 0.4) is 0 Å². The second-order valence-corrected chi connectivity index (χ2v) is 5.95. The van der Waals surface area contributed by atoms with Gasteiger partial charge in [0.15, 0.2) is 0 Å². The van der Waals surface area contributed by atoms with Crippen molar-refractivity contribution in [2.24, 2.45) is 5.10 Å². The molecule has 0 radical (unpaired) electrons. The highest BCUT2D eigenvalue weighted by Gasteiger charge is 2.10. The number of carbonyl (C=O) groups excluding carboxylic acids is 1. The normalized spacial score (nSPS) is 11.3. The largest absolute Gasteiger partial charge is 0.496 e. The summed E-state index contributed by atoms with van der Waals surface area (Å²) in [5, 5.41) is 16.2. The van der Waals surface area contributed by atoms with Crippen molar-refractivity contribution in [1.82, 2.24) is 25.6 Å². The molecule has 0 aliphatic heterocycles. The molecule has 1 amide bonds. The summed E-state index contributed by atoms with van der Waals surface area (Å²) in [6.45, 7) is 3.70. The summed E-state index contributed by atoms with van der Waals surface area (Å²) in [7, 11) is 1.60. The minimum Gasteiger partial charge on any atom is -0.496 e. The summed E-state index contributed by atoms with van der Waals surface area (Å²) in [4.78, 5) is 13.4. The Labute approximate surface area is 156 Å². The fraction of sp³-hybridized carbons (Fsp3) is 0.211. The van der Waals surface area contributed by atoms with Crippen molar-refractivity contribution >= 4 is 11.6 Å². The zero-order chi connectivity index (χ0) is 19.2. The number of hydrogen-bond donors (Lipinski definition) is 1. The minimum atomic E-state index is -0.349. The third-order valence-corrected chi connectivity index (χ3v) is 3.86. The number of nitrogens with one attached hydrogen (secondary N) is 1. The van der Waals surface area contributed by atoms with E-state index in [-0.39, 0.29) is 12.5 Å². The van der Waals surface area contributed by atoms with Crippen LogP contribution in [0.4, 0.5) is 0 Å². The Kier molecular flexibility index (Phi) is 5.55. The van der Waals surface area contributed by atoms with Crippen LogP contribution in [0.5, 0.6) is 5.75 Å². The highest BCUT2D eigenvalue weighted by atomic mass is 16.5. The van der Waals surface area contributed by atoms with Gasteiger partial charge in [-0.05, 0) is 31.2 Å². The summed E-state index contributed by atoms with van der Waals surface area (Å²) >= 11 is 0. The maximum atomic E-state index is 12.1. The molecule has 1 aromatic heterocycles. The van der Waals surface area contributed by atoms with Crippen LogP contribution in [0.1, 0.15) is 18.1 Å². The maximum absolute atomic E-state index is 12.1. The van der Waals surface area contributed by atoms with Gasteiger partial charge in [0.25, 0.3) is 5.91 Å². The molecule has 1 N–H and O–H groups in total. The van der Waals surface area contributed by atoms with Crippen LogP contribution < -0.4 is 10.2 Å². The van der Waals surface area contributed by atoms with Gasteiger partial charge in [0, 0.05) is 11.1 Å². The molecule has 27 heavy (non-hydrogen) atoms. The molecule has 0 aliphatic carbocycles. The van der Waals surface area contributed by atoms with Crippen molar-refractivity contribution in [3.8, 4) is 17.1 Å². The number of nitrogens with zero attached hydrogens (tertiary/aromatic N) is 5. The first kappa shape index (κ1) is 18.2. The van der Waals surface area contributed by atoms with Gasteiger partial charge in [-0.15, -0.1) is 10.2 Å². The predicted octanol–water partition coefficient (Wildman–Crippen LogP) is 2.20. The highest BCUT2D eigenvalue weighted by molar-refractivity contribution is 6.01. The molecule has 0 atom stereocenters. The molecule has 0 aliphatic rings. The monoisotopic (exact) mass is 364 g/mol. The molecule has 0 bridgehead atoms. The zero-order valence-corrected chi connectivity index (χ0v) is 15.4. The number of tetrazole rings is 1. The van der Waals surface area contributed by atoms with Crippen LogP contribution >= 0.6 is 0 Å². The van der Waals surface area contributed by atoms with E-state index in [1.807, 2.05) is 55.5 Å². The van der Waals surface area contributed by atoms with Crippen LogP contribution in [0.25, 0.3) is 11.4 Å². The summed E-state index contributed by atoms with van der Waals surface area (Å²) in [6, 6.07) is 15.2. The number of aryl methyl sites for hydroxylation is 1. The summed E-state index contributed by atoms with van der Waals surface area (Å²) in [6.07, 6.45) is 0. The first-order valence-electron chi connectivity index (χ1n) is 8.38. The number of amides is 1. The Bertz CT molecular complexity index is 965. The van der Waals surface area contributed by atoms with Gasteiger partial charge in [-0.2, -0.15) is 9.90 Å². The topological polar surface area (TPSA) is 94.3 Å². The van der Waals surface area contributed by atoms with E-state index in [1.54, 1.807) is 14.0 Å². The lowest BCUT2D eigenvalue weighted by molar-refractivity contribution is -0.122. The van der Waals surface area contributed by atoms with Crippen molar-refractivity contribution in [2.45, 2.75) is 20.4 Å². The number of carbonyl (C=O) groups is 1. The number of aromatic nitrogens is 4. The van der Waals surface area contributed by atoms with E-state index in [1.165, 1.54) is 4.80 Å². The Morgan fingerprint density at radius 1 is 1.22 bits per heavy atom. The van der Waals surface area contributed by atoms with E-state index in [0.717, 1.165) is 16.7 Å². The molecule has 0 saturated carbocycles. The predicted molar refractivity (Wildman–Crippen MR) is 101 cm³/mol. The second kappa shape index (κ2) is 8.22. The van der Waals surface area contributed by atoms with Crippen molar-refractivity contribution in [2.75, 3.05) is 7.11 Å². The SMILES string of the molecule is COc1ccc(C)cc1/C(C)=N\NC(=O)Cn1nnc(-c2ccccc2)n1. The molecule has 0 unspecified atom stereocenters. The lowest BCUT2D eigenvalue weighted by atomic mass is 10.1. The first-order chi connectivity index (χ1) is 13.1. The molecule has 138 valence electrons. The number of rotatable bonds is 6. The molecular formula is C19H20N6O2. The molecule has 0 spiro atoms. The van der Waals surface area contributed by atoms with Crippen LogP contribution in [0, 0.1) is 6.92 Å². The molecule has 0 fully saturated rings. The molecule has 3 rings (SSSR count). The summed E-state index contributed by atoms with van der Waals surface area (Å²) in [5.41, 5.74) is 5.89. The quantitative estimate of drug-likeness (QED) is 0.534. The fourth-order valence-corrected chi connectivity index (χ4v) is 2.49. The number of hydrogen-bond acceptors (Lipinski definition) is 6. The van der Waals surface area contributed by atoms with Crippen molar-refractivity contribution in [3.05, 3.63) is 59.7 Å². The number of benzene rings is 2. The Balaban J connectivity index is 1.65. The number of hydrazone groups is 1. The molecule has 2 aromatic carbocycles. The Morgan fingerprint density at radius 2 is 2.00 bits per heavy atom. The van der Waals surface area contributed by atoms with Crippen LogP contribution in [0.2, 0.25) is 0 Å². The smallest absolute Gasteiger partial charge is 0.263 e. The third-order valence-electron chi connectivity index (χ3n) is 3.86. The van der Waals surface area contributed by atoms with Crippen LogP contribution in [-0.4, -0.2) is 38.9 Å². The lowest BCUT2D eigenvalue weighted by Crippen LogP contribution is -2.25. The average Bonchev–Trinajstić information content (AvgIpc) is 3.15. The fourth-order valence-electron chi connectivity index (χ4n) is 2.49. The summed E-state index contributed by atoms with van der Waals surface area (Å²) < 4.78 is 5.34. The third kappa shape index (κ3) is 4.55. The molecule has 3 aromatic rings. The van der Waals surface area contributed by atoms with E-state index >= 15 is 0 Å². The van der Waals surface area contributed by atoms with Crippen LogP contribution in [0.15, 0.2) is 53.6 Å². The zero-order valence-electron chi connectivity index (χ0n) is 15.4. The second-order valence-electron chi connectivity index (χ2n) is 5.95. The molecular weight excluding hydrogens is 344 g/mol.